The molecule has 0 aliphatic heterocycles. The van der Waals surface area contributed by atoms with E-state index < -0.39 is 29.7 Å². The van der Waals surface area contributed by atoms with Crippen LogP contribution in [0.4, 0.5) is 4.79 Å². The fraction of sp³-hybridized carbons (Fsp3) is 0.615. The minimum absolute atomic E-state index is 0.0878. The molecule has 0 radical (unpaired) electrons. The lowest BCUT2D eigenvalue weighted by molar-refractivity contribution is -0.155. The Bertz CT molecular complexity index is 396. The third-order valence-electron chi connectivity index (χ3n) is 1.91. The van der Waals surface area contributed by atoms with Gasteiger partial charge in [-0.05, 0) is 34.1 Å². The van der Waals surface area contributed by atoms with Crippen molar-refractivity contribution >= 4 is 18.0 Å². The molecule has 0 unspecified atom stereocenters. The summed E-state index contributed by atoms with van der Waals surface area (Å²) in [6.45, 7) is 9.94. The fourth-order valence-electron chi connectivity index (χ4n) is 1.24. The predicted octanol–water partition coefficient (Wildman–Crippen LogP) is 1.82. The highest BCUT2D eigenvalue weighted by Crippen LogP contribution is 2.10. The van der Waals surface area contributed by atoms with Crippen molar-refractivity contribution in [1.82, 2.24) is 5.32 Å². The van der Waals surface area contributed by atoms with Crippen LogP contribution in [0.3, 0.4) is 0 Å². The monoisotopic (exact) mass is 287 g/mol. The molecule has 0 fully saturated rings. The number of allylic oxidation sites excluding steroid dienone is 1. The lowest BCUT2D eigenvalue weighted by atomic mass is 10.1. The van der Waals surface area contributed by atoms with Gasteiger partial charge in [-0.15, -0.1) is 0 Å². The van der Waals surface area contributed by atoms with Crippen LogP contribution in [-0.4, -0.2) is 34.8 Å². The number of carboxylic acids is 1. The second kappa shape index (κ2) is 7.52. The minimum atomic E-state index is -1.26. The zero-order valence-corrected chi connectivity index (χ0v) is 12.2. The van der Waals surface area contributed by atoms with Crippen molar-refractivity contribution < 1.29 is 29.0 Å². The SMILES string of the molecule is C=C(C)OC(=O)N[C@H](CCC(=O)OC(C)(C)C)C(=O)O. The molecule has 114 valence electrons. The second-order valence-corrected chi connectivity index (χ2v) is 5.25. The maximum absolute atomic E-state index is 11.5. The topological polar surface area (TPSA) is 102 Å². The standard InChI is InChI=1S/C13H21NO6/c1-8(2)19-12(18)14-9(11(16)17)6-7-10(15)20-13(3,4)5/h9H,1,6-7H2,2-5H3,(H,14,18)(H,16,17)/t9-/m1/s1. The third kappa shape index (κ3) is 8.96. The molecule has 20 heavy (non-hydrogen) atoms. The van der Waals surface area contributed by atoms with Crippen LogP contribution in [0.15, 0.2) is 12.3 Å². The van der Waals surface area contributed by atoms with Crippen molar-refractivity contribution in [1.29, 1.82) is 0 Å². The Morgan fingerprint density at radius 3 is 2.25 bits per heavy atom. The van der Waals surface area contributed by atoms with Crippen LogP contribution in [0.1, 0.15) is 40.5 Å². The third-order valence-corrected chi connectivity index (χ3v) is 1.91. The van der Waals surface area contributed by atoms with Gasteiger partial charge in [0.15, 0.2) is 0 Å². The van der Waals surface area contributed by atoms with E-state index in [-0.39, 0.29) is 18.6 Å². The molecule has 1 amide bonds. The van der Waals surface area contributed by atoms with E-state index in [0.29, 0.717) is 0 Å². The Morgan fingerprint density at radius 1 is 1.30 bits per heavy atom. The number of carbonyl (C=O) groups is 3. The average molecular weight is 287 g/mol. The van der Waals surface area contributed by atoms with Gasteiger partial charge in [-0.2, -0.15) is 0 Å². The maximum atomic E-state index is 11.5. The molecule has 0 aromatic carbocycles. The molecule has 0 aliphatic carbocycles. The molecule has 0 saturated heterocycles. The molecular weight excluding hydrogens is 266 g/mol. The van der Waals surface area contributed by atoms with Crippen molar-refractivity contribution in [3.8, 4) is 0 Å². The number of nitrogens with one attached hydrogen (secondary N) is 1. The van der Waals surface area contributed by atoms with Crippen LogP contribution in [-0.2, 0) is 19.1 Å². The van der Waals surface area contributed by atoms with Crippen LogP contribution in [0, 0.1) is 0 Å². The van der Waals surface area contributed by atoms with Crippen molar-refractivity contribution in [2.75, 3.05) is 0 Å². The number of carbonyl (C=O) groups excluding carboxylic acids is 2. The molecule has 2 N–H and O–H groups in total. The molecule has 0 bridgehead atoms. The molecular formula is C13H21NO6. The molecule has 0 heterocycles. The van der Waals surface area contributed by atoms with Gasteiger partial charge in [0, 0.05) is 6.42 Å². The first-order chi connectivity index (χ1) is 9.01. The largest absolute Gasteiger partial charge is 0.480 e. The summed E-state index contributed by atoms with van der Waals surface area (Å²) >= 11 is 0. The number of hydrogen-bond acceptors (Lipinski definition) is 5. The Balaban J connectivity index is 4.36. The van der Waals surface area contributed by atoms with Gasteiger partial charge in [0.2, 0.25) is 0 Å². The smallest absolute Gasteiger partial charge is 0.412 e. The number of hydrogen-bond donors (Lipinski definition) is 2. The number of carboxylic acid groups (broad SMARTS) is 1. The number of aliphatic carboxylic acids is 1. The van der Waals surface area contributed by atoms with Crippen molar-refractivity contribution in [3.63, 3.8) is 0 Å². The summed E-state index contributed by atoms with van der Waals surface area (Å²) in [5, 5.41) is 11.1. The van der Waals surface area contributed by atoms with Gasteiger partial charge in [0.1, 0.15) is 11.6 Å². The second-order valence-electron chi connectivity index (χ2n) is 5.25. The normalized spacial score (nSPS) is 12.2. The molecule has 7 nitrogen and oxygen atoms in total. The number of esters is 1. The summed E-state index contributed by atoms with van der Waals surface area (Å²) in [4.78, 5) is 33.7. The van der Waals surface area contributed by atoms with Gasteiger partial charge in [0.25, 0.3) is 0 Å². The van der Waals surface area contributed by atoms with Crippen molar-refractivity contribution in [2.24, 2.45) is 0 Å². The van der Waals surface area contributed by atoms with E-state index in [4.69, 9.17) is 9.84 Å². The zero-order valence-electron chi connectivity index (χ0n) is 12.2. The first-order valence-electron chi connectivity index (χ1n) is 6.10. The lowest BCUT2D eigenvalue weighted by Crippen LogP contribution is -2.41. The van der Waals surface area contributed by atoms with E-state index in [2.05, 4.69) is 16.6 Å². The number of ether oxygens (including phenoxy) is 2. The maximum Gasteiger partial charge on any atom is 0.412 e. The van der Waals surface area contributed by atoms with Gasteiger partial charge in [-0.3, -0.25) is 4.79 Å². The van der Waals surface area contributed by atoms with Crippen molar-refractivity contribution in [2.45, 2.75) is 52.2 Å². The van der Waals surface area contributed by atoms with E-state index in [1.54, 1.807) is 20.8 Å². The molecule has 0 rings (SSSR count). The molecule has 0 spiro atoms. The van der Waals surface area contributed by atoms with Crippen LogP contribution in [0.2, 0.25) is 0 Å². The number of rotatable bonds is 6. The summed E-state index contributed by atoms with van der Waals surface area (Å²) < 4.78 is 9.64. The Kier molecular flexibility index (Phi) is 6.75. The summed E-state index contributed by atoms with van der Waals surface area (Å²) in [7, 11) is 0. The Labute approximate surface area is 117 Å². The quantitative estimate of drug-likeness (QED) is 0.570. The fourth-order valence-corrected chi connectivity index (χ4v) is 1.24. The van der Waals surface area contributed by atoms with Gasteiger partial charge in [-0.1, -0.05) is 6.58 Å². The average Bonchev–Trinajstić information content (AvgIpc) is 2.19. The van der Waals surface area contributed by atoms with E-state index in [0.717, 1.165) is 0 Å². The Morgan fingerprint density at radius 2 is 1.85 bits per heavy atom. The first-order valence-corrected chi connectivity index (χ1v) is 6.10. The summed E-state index contributed by atoms with van der Waals surface area (Å²) in [5.41, 5.74) is -0.637. The van der Waals surface area contributed by atoms with Gasteiger partial charge >= 0.3 is 18.0 Å². The highest BCUT2D eigenvalue weighted by atomic mass is 16.6. The summed E-state index contributed by atoms with van der Waals surface area (Å²) in [6.07, 6.45) is -1.13. The van der Waals surface area contributed by atoms with Crippen LogP contribution < -0.4 is 5.32 Å². The molecule has 0 aliphatic rings. The van der Waals surface area contributed by atoms with Crippen LogP contribution in [0.5, 0.6) is 0 Å². The lowest BCUT2D eigenvalue weighted by Gasteiger charge is -2.20. The van der Waals surface area contributed by atoms with Gasteiger partial charge < -0.3 is 19.9 Å². The highest BCUT2D eigenvalue weighted by molar-refractivity contribution is 5.81. The van der Waals surface area contributed by atoms with Gasteiger partial charge in [-0.25, -0.2) is 9.59 Å². The summed E-state index contributed by atoms with van der Waals surface area (Å²) in [5.74, 6) is -1.65. The van der Waals surface area contributed by atoms with Gasteiger partial charge in [0.05, 0.1) is 5.76 Å². The van der Waals surface area contributed by atoms with E-state index >= 15 is 0 Å². The molecule has 1 atom stereocenters. The molecule has 0 aromatic heterocycles. The van der Waals surface area contributed by atoms with E-state index in [9.17, 15) is 14.4 Å². The molecule has 0 aromatic rings. The Hall–Kier alpha value is -2.05. The molecule has 0 saturated carbocycles. The summed E-state index contributed by atoms with van der Waals surface area (Å²) in [6, 6.07) is -1.23. The highest BCUT2D eigenvalue weighted by Gasteiger charge is 2.23. The van der Waals surface area contributed by atoms with Crippen molar-refractivity contribution in [3.05, 3.63) is 12.3 Å². The minimum Gasteiger partial charge on any atom is -0.480 e. The first kappa shape index (κ1) is 17.9. The number of amides is 1. The number of alkyl carbamates (subject to hydrolysis) is 1. The molecule has 7 heteroatoms. The zero-order chi connectivity index (χ0) is 15.9. The van der Waals surface area contributed by atoms with E-state index in [1.807, 2.05) is 0 Å². The van der Waals surface area contributed by atoms with E-state index in [1.165, 1.54) is 6.92 Å². The van der Waals surface area contributed by atoms with Crippen LogP contribution >= 0.6 is 0 Å². The predicted molar refractivity (Wildman–Crippen MR) is 70.9 cm³/mol. The van der Waals surface area contributed by atoms with Crippen LogP contribution in [0.25, 0.3) is 0 Å².